The SMILES string of the molecule is O=C1C[C@H](c2ccsc2)c2ncn(-c3cccc(Br)c3)c2N1. The van der Waals surface area contributed by atoms with Crippen LogP contribution in [0.15, 0.2) is 51.9 Å². The maximum absolute atomic E-state index is 12.1. The third kappa shape index (κ3) is 2.28. The Labute approximate surface area is 139 Å². The van der Waals surface area contributed by atoms with Crippen LogP contribution < -0.4 is 5.32 Å². The number of anilines is 1. The normalized spacial score (nSPS) is 17.1. The fourth-order valence-electron chi connectivity index (χ4n) is 2.78. The van der Waals surface area contributed by atoms with E-state index in [-0.39, 0.29) is 11.8 Å². The van der Waals surface area contributed by atoms with E-state index in [9.17, 15) is 4.79 Å². The van der Waals surface area contributed by atoms with Crippen LogP contribution in [0.1, 0.15) is 23.6 Å². The summed E-state index contributed by atoms with van der Waals surface area (Å²) in [5.41, 5.74) is 3.05. The highest BCUT2D eigenvalue weighted by molar-refractivity contribution is 9.10. The first-order valence-electron chi connectivity index (χ1n) is 6.87. The number of hydrogen-bond acceptors (Lipinski definition) is 3. The lowest BCUT2D eigenvalue weighted by Gasteiger charge is -2.22. The summed E-state index contributed by atoms with van der Waals surface area (Å²) in [7, 11) is 0. The van der Waals surface area contributed by atoms with Crippen LogP contribution in [-0.4, -0.2) is 15.5 Å². The van der Waals surface area contributed by atoms with Crippen molar-refractivity contribution in [1.29, 1.82) is 0 Å². The molecule has 3 aromatic rings. The van der Waals surface area contributed by atoms with Gasteiger partial charge in [0.1, 0.15) is 12.1 Å². The van der Waals surface area contributed by atoms with Crippen LogP contribution in [-0.2, 0) is 4.79 Å². The quantitative estimate of drug-likeness (QED) is 0.732. The number of imidazole rings is 1. The summed E-state index contributed by atoms with van der Waals surface area (Å²) in [5, 5.41) is 7.09. The average molecular weight is 374 g/mol. The number of amides is 1. The van der Waals surface area contributed by atoms with Gasteiger partial charge in [0.2, 0.25) is 5.91 Å². The lowest BCUT2D eigenvalue weighted by Crippen LogP contribution is -2.24. The summed E-state index contributed by atoms with van der Waals surface area (Å²) in [6.45, 7) is 0. The highest BCUT2D eigenvalue weighted by Gasteiger charge is 2.31. The zero-order valence-electron chi connectivity index (χ0n) is 11.5. The molecule has 1 N–H and O–H groups in total. The van der Waals surface area contributed by atoms with Gasteiger partial charge in [-0.1, -0.05) is 22.0 Å². The summed E-state index contributed by atoms with van der Waals surface area (Å²) in [6.07, 6.45) is 2.22. The van der Waals surface area contributed by atoms with Crippen LogP contribution in [0.5, 0.6) is 0 Å². The van der Waals surface area contributed by atoms with Crippen molar-refractivity contribution in [3.8, 4) is 5.69 Å². The largest absolute Gasteiger partial charge is 0.310 e. The molecule has 0 radical (unpaired) electrons. The number of fused-ring (bicyclic) bond motifs is 1. The Morgan fingerprint density at radius 3 is 3.05 bits per heavy atom. The minimum Gasteiger partial charge on any atom is -0.310 e. The minimum atomic E-state index is 0.0282. The van der Waals surface area contributed by atoms with E-state index >= 15 is 0 Å². The van der Waals surface area contributed by atoms with Crippen molar-refractivity contribution in [3.05, 3.63) is 63.1 Å². The number of carbonyl (C=O) groups is 1. The third-order valence-corrected chi connectivity index (χ3v) is 5.00. The second-order valence-electron chi connectivity index (χ2n) is 5.19. The molecule has 1 amide bonds. The van der Waals surface area contributed by atoms with Crippen molar-refractivity contribution in [2.24, 2.45) is 0 Å². The number of carbonyl (C=O) groups excluding carboxylic acids is 1. The number of rotatable bonds is 2. The molecule has 0 aliphatic carbocycles. The number of nitrogens with one attached hydrogen (secondary N) is 1. The number of thiophene rings is 1. The van der Waals surface area contributed by atoms with Crippen LogP contribution in [0.25, 0.3) is 5.69 Å². The van der Waals surface area contributed by atoms with Gasteiger partial charge in [-0.15, -0.1) is 0 Å². The standard InChI is InChI=1S/C16H12BrN3OS/c17-11-2-1-3-12(6-11)20-9-18-15-13(10-4-5-22-8-10)7-14(21)19-16(15)20/h1-6,8-9,13H,7H2,(H,19,21)/t13-/m1/s1. The average Bonchev–Trinajstić information content (AvgIpc) is 3.16. The predicted molar refractivity (Wildman–Crippen MR) is 90.7 cm³/mol. The van der Waals surface area contributed by atoms with Crippen LogP contribution in [0.4, 0.5) is 5.82 Å². The fraction of sp³-hybridized carbons (Fsp3) is 0.125. The Morgan fingerprint density at radius 2 is 2.27 bits per heavy atom. The molecular weight excluding hydrogens is 362 g/mol. The van der Waals surface area contributed by atoms with Crippen LogP contribution in [0, 0.1) is 0 Å². The molecule has 110 valence electrons. The first-order valence-corrected chi connectivity index (χ1v) is 8.61. The van der Waals surface area contributed by atoms with Crippen LogP contribution in [0.3, 0.4) is 0 Å². The monoisotopic (exact) mass is 373 g/mol. The Bertz CT molecular complexity index is 841. The molecule has 1 aliphatic rings. The minimum absolute atomic E-state index is 0.0282. The second kappa shape index (κ2) is 5.37. The Kier molecular flexibility index (Phi) is 3.35. The molecule has 1 atom stereocenters. The zero-order valence-corrected chi connectivity index (χ0v) is 13.9. The maximum atomic E-state index is 12.1. The third-order valence-electron chi connectivity index (χ3n) is 3.81. The van der Waals surface area contributed by atoms with Gasteiger partial charge in [0.25, 0.3) is 0 Å². The zero-order chi connectivity index (χ0) is 15.1. The van der Waals surface area contributed by atoms with Crippen molar-refractivity contribution in [2.75, 3.05) is 5.32 Å². The first-order chi connectivity index (χ1) is 10.7. The molecule has 0 saturated carbocycles. The Balaban J connectivity index is 1.84. The van der Waals surface area contributed by atoms with E-state index in [2.05, 4.69) is 37.7 Å². The summed E-state index contributed by atoms with van der Waals surface area (Å²) in [4.78, 5) is 16.7. The molecule has 4 nitrogen and oxygen atoms in total. The van der Waals surface area contributed by atoms with Gasteiger partial charge in [0, 0.05) is 22.5 Å². The topological polar surface area (TPSA) is 46.9 Å². The molecule has 1 aromatic carbocycles. The lowest BCUT2D eigenvalue weighted by molar-refractivity contribution is -0.116. The van der Waals surface area contributed by atoms with Gasteiger partial charge in [0.05, 0.1) is 5.69 Å². The summed E-state index contributed by atoms with van der Waals surface area (Å²) in [6, 6.07) is 10.00. The van der Waals surface area contributed by atoms with Gasteiger partial charge < -0.3 is 5.32 Å². The molecule has 0 saturated heterocycles. The second-order valence-corrected chi connectivity index (χ2v) is 6.89. The smallest absolute Gasteiger partial charge is 0.226 e. The summed E-state index contributed by atoms with van der Waals surface area (Å²) in [5.74, 6) is 0.828. The first kappa shape index (κ1) is 13.7. The van der Waals surface area contributed by atoms with Gasteiger partial charge in [0.15, 0.2) is 0 Å². The Hall–Kier alpha value is -1.92. The maximum Gasteiger partial charge on any atom is 0.226 e. The molecule has 4 rings (SSSR count). The number of nitrogens with zero attached hydrogens (tertiary/aromatic N) is 2. The van der Waals surface area contributed by atoms with Crippen molar-refractivity contribution < 1.29 is 4.79 Å². The Morgan fingerprint density at radius 1 is 1.36 bits per heavy atom. The molecule has 6 heteroatoms. The molecule has 3 heterocycles. The fourth-order valence-corrected chi connectivity index (χ4v) is 3.88. The van der Waals surface area contributed by atoms with Crippen molar-refractivity contribution in [1.82, 2.24) is 9.55 Å². The number of aromatic nitrogens is 2. The molecule has 22 heavy (non-hydrogen) atoms. The van der Waals surface area contributed by atoms with Gasteiger partial charge in [-0.25, -0.2) is 4.98 Å². The van der Waals surface area contributed by atoms with E-state index in [4.69, 9.17) is 0 Å². The molecule has 0 bridgehead atoms. The van der Waals surface area contributed by atoms with Gasteiger partial charge in [-0.3, -0.25) is 9.36 Å². The number of benzene rings is 1. The molecule has 0 unspecified atom stereocenters. The van der Waals surface area contributed by atoms with E-state index in [0.717, 1.165) is 27.2 Å². The predicted octanol–water partition coefficient (Wildman–Crippen LogP) is 4.17. The van der Waals surface area contributed by atoms with Crippen molar-refractivity contribution in [3.63, 3.8) is 0 Å². The lowest BCUT2D eigenvalue weighted by atomic mass is 9.92. The van der Waals surface area contributed by atoms with Gasteiger partial charge >= 0.3 is 0 Å². The number of hydrogen-bond donors (Lipinski definition) is 1. The van der Waals surface area contributed by atoms with E-state index < -0.39 is 0 Å². The van der Waals surface area contributed by atoms with Crippen molar-refractivity contribution >= 4 is 39.0 Å². The van der Waals surface area contributed by atoms with E-state index in [1.807, 2.05) is 34.2 Å². The molecule has 0 fully saturated rings. The highest BCUT2D eigenvalue weighted by atomic mass is 79.9. The molecular formula is C16H12BrN3OS. The summed E-state index contributed by atoms with van der Waals surface area (Å²) >= 11 is 5.12. The van der Waals surface area contributed by atoms with E-state index in [1.165, 1.54) is 0 Å². The van der Waals surface area contributed by atoms with Gasteiger partial charge in [-0.2, -0.15) is 11.3 Å². The number of halogens is 1. The van der Waals surface area contributed by atoms with Crippen molar-refractivity contribution in [2.45, 2.75) is 12.3 Å². The summed E-state index contributed by atoms with van der Waals surface area (Å²) < 4.78 is 2.92. The van der Waals surface area contributed by atoms with Gasteiger partial charge in [-0.05, 0) is 40.6 Å². The van der Waals surface area contributed by atoms with E-state index in [0.29, 0.717) is 6.42 Å². The molecule has 1 aliphatic heterocycles. The van der Waals surface area contributed by atoms with Crippen LogP contribution >= 0.6 is 27.3 Å². The van der Waals surface area contributed by atoms with Crippen LogP contribution in [0.2, 0.25) is 0 Å². The highest BCUT2D eigenvalue weighted by Crippen LogP contribution is 2.38. The molecule has 2 aromatic heterocycles. The van der Waals surface area contributed by atoms with E-state index in [1.54, 1.807) is 17.7 Å². The molecule has 0 spiro atoms.